The van der Waals surface area contributed by atoms with Crippen LogP contribution < -0.4 is 16.2 Å². The number of halogens is 1. The van der Waals surface area contributed by atoms with E-state index in [-0.39, 0.29) is 39.7 Å². The van der Waals surface area contributed by atoms with Gasteiger partial charge in [-0.15, -0.1) is 0 Å². The highest BCUT2D eigenvalue weighted by molar-refractivity contribution is 6.02. The first-order valence-electron chi connectivity index (χ1n) is 8.94. The van der Waals surface area contributed by atoms with E-state index in [1.54, 1.807) is 19.1 Å². The van der Waals surface area contributed by atoms with Crippen LogP contribution in [-0.2, 0) is 0 Å². The number of para-hydroxylation sites is 1. The molecule has 4 N–H and O–H groups in total. The summed E-state index contributed by atoms with van der Waals surface area (Å²) in [5.74, 6) is -1.41. The number of primary amides is 1. The zero-order valence-electron chi connectivity index (χ0n) is 15.7. The number of ether oxygens (including phenoxy) is 1. The highest BCUT2D eigenvalue weighted by Gasteiger charge is 2.22. The second kappa shape index (κ2) is 7.32. The van der Waals surface area contributed by atoms with Crippen molar-refractivity contribution in [2.45, 2.75) is 6.92 Å². The van der Waals surface area contributed by atoms with Gasteiger partial charge in [-0.2, -0.15) is 0 Å². The van der Waals surface area contributed by atoms with E-state index in [1.807, 2.05) is 0 Å². The molecule has 2 heterocycles. The molecular weight excluding hydrogens is 393 g/mol. The number of benzene rings is 2. The van der Waals surface area contributed by atoms with Crippen LogP contribution in [0.15, 0.2) is 47.3 Å². The predicted octanol–water partition coefficient (Wildman–Crippen LogP) is 2.12. The Morgan fingerprint density at radius 1 is 1.23 bits per heavy atom. The number of nitrogens with zero attached hydrogens (tertiary/aromatic N) is 3. The first-order valence-corrected chi connectivity index (χ1v) is 8.94. The number of aromatic hydroxyl groups is 1. The van der Waals surface area contributed by atoms with Gasteiger partial charge in [0, 0.05) is 0 Å². The van der Waals surface area contributed by atoms with Gasteiger partial charge in [-0.3, -0.25) is 4.79 Å². The fraction of sp³-hybridized carbons (Fsp3) is 0.100. The van der Waals surface area contributed by atoms with Crippen LogP contribution in [0.4, 0.5) is 4.39 Å². The molecule has 0 aliphatic carbocycles. The lowest BCUT2D eigenvalue weighted by molar-refractivity contribution is 0.0997. The SMILES string of the molecule is CCOc1cccc(-c2nc(C(N)=O)c3[nH]c(=O)n(-c4ccc(F)cc4)c3n2)c1O. The summed E-state index contributed by atoms with van der Waals surface area (Å²) in [6, 6.07) is 9.90. The van der Waals surface area contributed by atoms with E-state index in [1.165, 1.54) is 30.3 Å². The van der Waals surface area contributed by atoms with Gasteiger partial charge in [-0.05, 0) is 43.3 Å². The van der Waals surface area contributed by atoms with Gasteiger partial charge >= 0.3 is 5.69 Å². The summed E-state index contributed by atoms with van der Waals surface area (Å²) >= 11 is 0. The molecule has 30 heavy (non-hydrogen) atoms. The minimum absolute atomic E-state index is 0.0287. The van der Waals surface area contributed by atoms with Crippen molar-refractivity contribution in [2.24, 2.45) is 5.73 Å². The van der Waals surface area contributed by atoms with Crippen molar-refractivity contribution < 1.29 is 19.0 Å². The third kappa shape index (κ3) is 3.13. The Balaban J connectivity index is 2.03. The fourth-order valence-electron chi connectivity index (χ4n) is 3.09. The molecule has 0 fully saturated rings. The van der Waals surface area contributed by atoms with Crippen molar-refractivity contribution in [1.82, 2.24) is 19.5 Å². The molecule has 0 saturated carbocycles. The molecule has 1 amide bonds. The lowest BCUT2D eigenvalue weighted by atomic mass is 10.1. The average Bonchev–Trinajstić information content (AvgIpc) is 3.05. The molecule has 0 unspecified atom stereocenters. The van der Waals surface area contributed by atoms with Crippen molar-refractivity contribution in [3.63, 3.8) is 0 Å². The molecule has 0 atom stereocenters. The molecule has 0 aliphatic heterocycles. The summed E-state index contributed by atoms with van der Waals surface area (Å²) in [6.45, 7) is 2.09. The molecule has 10 heteroatoms. The number of aromatic nitrogens is 4. The highest BCUT2D eigenvalue weighted by atomic mass is 19.1. The van der Waals surface area contributed by atoms with Gasteiger partial charge in [0.05, 0.1) is 17.9 Å². The number of imidazole rings is 1. The summed E-state index contributed by atoms with van der Waals surface area (Å²) in [6.07, 6.45) is 0. The summed E-state index contributed by atoms with van der Waals surface area (Å²) < 4.78 is 19.9. The summed E-state index contributed by atoms with van der Waals surface area (Å²) in [7, 11) is 0. The quantitative estimate of drug-likeness (QED) is 0.462. The third-order valence-electron chi connectivity index (χ3n) is 4.39. The van der Waals surface area contributed by atoms with E-state index < -0.39 is 17.4 Å². The van der Waals surface area contributed by atoms with Crippen LogP contribution in [0.5, 0.6) is 11.5 Å². The summed E-state index contributed by atoms with van der Waals surface area (Å²) in [5, 5.41) is 10.6. The minimum Gasteiger partial charge on any atom is -0.504 e. The standard InChI is InChI=1S/C20H16FN5O4/c1-2-30-13-5-3-4-12(16(13)27)18-23-14(17(22)28)15-19(25-18)26(20(29)24-15)11-8-6-10(21)7-9-11/h3-9,27H,2H2,1H3,(H2,22,28)(H,24,29). The Kier molecular flexibility index (Phi) is 4.66. The van der Waals surface area contributed by atoms with E-state index in [0.717, 1.165) is 4.57 Å². The Morgan fingerprint density at radius 3 is 2.63 bits per heavy atom. The maximum absolute atomic E-state index is 13.3. The highest BCUT2D eigenvalue weighted by Crippen LogP contribution is 2.36. The number of amides is 1. The van der Waals surface area contributed by atoms with Gasteiger partial charge in [0.15, 0.2) is 28.7 Å². The second-order valence-electron chi connectivity index (χ2n) is 6.29. The zero-order chi connectivity index (χ0) is 21.4. The van der Waals surface area contributed by atoms with Crippen LogP contribution in [0, 0.1) is 5.82 Å². The Labute approximate surface area is 168 Å². The topological polar surface area (TPSA) is 136 Å². The minimum atomic E-state index is -0.892. The molecule has 2 aromatic heterocycles. The maximum Gasteiger partial charge on any atom is 0.332 e. The van der Waals surface area contributed by atoms with Gasteiger partial charge in [-0.1, -0.05) is 6.07 Å². The van der Waals surface area contributed by atoms with E-state index in [9.17, 15) is 19.1 Å². The van der Waals surface area contributed by atoms with Crippen molar-refractivity contribution in [3.8, 4) is 28.6 Å². The van der Waals surface area contributed by atoms with Crippen LogP contribution in [0.25, 0.3) is 28.2 Å². The number of carbonyl (C=O) groups excluding carboxylic acids is 1. The van der Waals surface area contributed by atoms with Crippen molar-refractivity contribution >= 4 is 17.1 Å². The van der Waals surface area contributed by atoms with Gasteiger partial charge in [0.1, 0.15) is 11.3 Å². The number of hydrogen-bond acceptors (Lipinski definition) is 6. The number of aromatic amines is 1. The molecule has 152 valence electrons. The third-order valence-corrected chi connectivity index (χ3v) is 4.39. The fourth-order valence-corrected chi connectivity index (χ4v) is 3.09. The molecule has 0 spiro atoms. The second-order valence-corrected chi connectivity index (χ2v) is 6.29. The molecule has 0 bridgehead atoms. The number of phenols is 1. The summed E-state index contributed by atoms with van der Waals surface area (Å²) in [5.41, 5.74) is 5.20. The molecule has 2 aromatic carbocycles. The summed E-state index contributed by atoms with van der Waals surface area (Å²) in [4.78, 5) is 35.6. The Bertz CT molecular complexity index is 1330. The Hall–Kier alpha value is -4.21. The molecule has 4 aromatic rings. The maximum atomic E-state index is 13.3. The van der Waals surface area contributed by atoms with E-state index in [4.69, 9.17) is 10.5 Å². The van der Waals surface area contributed by atoms with Crippen molar-refractivity contribution in [2.75, 3.05) is 6.61 Å². The number of H-pyrrole nitrogens is 1. The molecule has 0 radical (unpaired) electrons. The first-order chi connectivity index (χ1) is 14.4. The van der Waals surface area contributed by atoms with Crippen LogP contribution in [-0.4, -0.2) is 37.1 Å². The number of fused-ring (bicyclic) bond motifs is 1. The molecular formula is C20H16FN5O4. The first kappa shape index (κ1) is 19.1. The van der Waals surface area contributed by atoms with Crippen molar-refractivity contribution in [1.29, 1.82) is 0 Å². The number of phenolic OH excluding ortho intramolecular Hbond substituents is 1. The lowest BCUT2D eigenvalue weighted by Crippen LogP contribution is -2.15. The van der Waals surface area contributed by atoms with Crippen LogP contribution in [0.3, 0.4) is 0 Å². The monoisotopic (exact) mass is 409 g/mol. The predicted molar refractivity (Wildman–Crippen MR) is 106 cm³/mol. The Morgan fingerprint density at radius 2 is 1.97 bits per heavy atom. The molecule has 4 rings (SSSR count). The van der Waals surface area contributed by atoms with Crippen LogP contribution in [0.1, 0.15) is 17.4 Å². The molecule has 0 saturated heterocycles. The van der Waals surface area contributed by atoms with Gasteiger partial charge in [-0.25, -0.2) is 23.7 Å². The lowest BCUT2D eigenvalue weighted by Gasteiger charge is -2.10. The van der Waals surface area contributed by atoms with E-state index in [0.29, 0.717) is 12.3 Å². The number of nitrogens with two attached hydrogens (primary N) is 1. The van der Waals surface area contributed by atoms with Gasteiger partial charge in [0.2, 0.25) is 0 Å². The van der Waals surface area contributed by atoms with E-state index in [2.05, 4.69) is 15.0 Å². The number of hydrogen-bond donors (Lipinski definition) is 3. The van der Waals surface area contributed by atoms with Crippen LogP contribution >= 0.6 is 0 Å². The van der Waals surface area contributed by atoms with Gasteiger partial charge < -0.3 is 20.6 Å². The van der Waals surface area contributed by atoms with Crippen molar-refractivity contribution in [3.05, 3.63) is 64.5 Å². The number of carbonyl (C=O) groups is 1. The zero-order valence-corrected chi connectivity index (χ0v) is 15.7. The molecule has 0 aliphatic rings. The molecule has 9 nitrogen and oxygen atoms in total. The number of rotatable bonds is 5. The van der Waals surface area contributed by atoms with Crippen LogP contribution in [0.2, 0.25) is 0 Å². The average molecular weight is 409 g/mol. The normalized spacial score (nSPS) is 11.0. The smallest absolute Gasteiger partial charge is 0.332 e. The number of nitrogens with one attached hydrogen (secondary N) is 1. The largest absolute Gasteiger partial charge is 0.504 e. The van der Waals surface area contributed by atoms with Gasteiger partial charge in [0.25, 0.3) is 5.91 Å². The van der Waals surface area contributed by atoms with E-state index >= 15 is 0 Å².